The average Bonchev–Trinajstić information content (AvgIpc) is 2.87. The second-order valence-corrected chi connectivity index (χ2v) is 7.22. The number of methoxy groups -OCH3 is 1. The average molecular weight is 460 g/mol. The molecule has 2 amide bonds. The van der Waals surface area contributed by atoms with Crippen LogP contribution >= 0.6 is 0 Å². The molecule has 0 bridgehead atoms. The quantitative estimate of drug-likeness (QED) is 0.183. The fraction of sp³-hybridized carbons (Fsp3) is 0.154. The van der Waals surface area contributed by atoms with Crippen LogP contribution in [0.5, 0.6) is 11.5 Å². The summed E-state index contributed by atoms with van der Waals surface area (Å²) in [5.41, 5.74) is 4.92. The molecule has 0 fully saturated rings. The molecule has 0 spiro atoms. The Labute approximate surface area is 197 Å². The highest BCUT2D eigenvalue weighted by Gasteiger charge is 2.16. The van der Waals surface area contributed by atoms with Gasteiger partial charge in [0.15, 0.2) is 0 Å². The number of benzene rings is 3. The maximum Gasteiger partial charge on any atom is 0.343 e. The molecule has 0 atom stereocenters. The van der Waals surface area contributed by atoms with Crippen molar-refractivity contribution in [3.05, 3.63) is 89.5 Å². The molecule has 2 N–H and O–H groups in total. The standard InChI is InChI=1S/C26H25N3O5/c1-4-18-9-5-7-11-22(18)27-24(30)25(31)29-28-17(2)21-10-6-8-12-23(21)34-26(32)19-13-15-20(33-3)16-14-19/h5-16H,4H2,1-3H3,(H,27,30)(H,29,31)/b28-17+. The number of nitrogens with one attached hydrogen (secondary N) is 2. The van der Waals surface area contributed by atoms with Crippen molar-refractivity contribution >= 4 is 29.2 Å². The Balaban J connectivity index is 1.68. The molecule has 0 unspecified atom stereocenters. The third-order valence-corrected chi connectivity index (χ3v) is 4.98. The molecule has 34 heavy (non-hydrogen) atoms. The van der Waals surface area contributed by atoms with Crippen LogP contribution in [-0.2, 0) is 16.0 Å². The van der Waals surface area contributed by atoms with Gasteiger partial charge in [-0.1, -0.05) is 37.3 Å². The van der Waals surface area contributed by atoms with Gasteiger partial charge in [-0.15, -0.1) is 0 Å². The van der Waals surface area contributed by atoms with Gasteiger partial charge in [-0.25, -0.2) is 10.2 Å². The predicted molar refractivity (Wildman–Crippen MR) is 129 cm³/mol. The molecule has 174 valence electrons. The van der Waals surface area contributed by atoms with Crippen LogP contribution < -0.4 is 20.2 Å². The molecule has 0 aliphatic heterocycles. The smallest absolute Gasteiger partial charge is 0.343 e. The molecule has 0 aromatic heterocycles. The first-order valence-corrected chi connectivity index (χ1v) is 10.6. The number of carbonyl (C=O) groups is 3. The third kappa shape index (κ3) is 6.07. The number of hydrazone groups is 1. The molecule has 0 saturated carbocycles. The van der Waals surface area contributed by atoms with E-state index in [4.69, 9.17) is 9.47 Å². The number of esters is 1. The van der Waals surface area contributed by atoms with E-state index in [9.17, 15) is 14.4 Å². The van der Waals surface area contributed by atoms with E-state index >= 15 is 0 Å². The summed E-state index contributed by atoms with van der Waals surface area (Å²) in [4.78, 5) is 37.1. The third-order valence-electron chi connectivity index (χ3n) is 4.98. The minimum absolute atomic E-state index is 0.264. The number of rotatable bonds is 7. The van der Waals surface area contributed by atoms with Gasteiger partial charge in [0.2, 0.25) is 0 Å². The SMILES string of the molecule is CCc1ccccc1NC(=O)C(=O)N/N=C(\C)c1ccccc1OC(=O)c1ccc(OC)cc1. The van der Waals surface area contributed by atoms with Gasteiger partial charge in [0, 0.05) is 11.3 Å². The summed E-state index contributed by atoms with van der Waals surface area (Å²) in [5, 5.41) is 6.60. The van der Waals surface area contributed by atoms with Crippen LogP contribution in [-0.4, -0.2) is 30.6 Å². The van der Waals surface area contributed by atoms with Crippen molar-refractivity contribution in [1.82, 2.24) is 5.43 Å². The van der Waals surface area contributed by atoms with E-state index in [-0.39, 0.29) is 5.75 Å². The lowest BCUT2D eigenvalue weighted by Gasteiger charge is -2.11. The summed E-state index contributed by atoms with van der Waals surface area (Å²) >= 11 is 0. The first kappa shape index (κ1) is 24.2. The highest BCUT2D eigenvalue weighted by Crippen LogP contribution is 2.21. The highest BCUT2D eigenvalue weighted by atomic mass is 16.5. The van der Waals surface area contributed by atoms with Crippen LogP contribution in [0.25, 0.3) is 0 Å². The summed E-state index contributed by atoms with van der Waals surface area (Å²) in [6.07, 6.45) is 0.710. The largest absolute Gasteiger partial charge is 0.497 e. The molecule has 0 saturated heterocycles. The summed E-state index contributed by atoms with van der Waals surface area (Å²) in [6, 6.07) is 20.5. The highest BCUT2D eigenvalue weighted by molar-refractivity contribution is 6.39. The van der Waals surface area contributed by atoms with E-state index in [2.05, 4.69) is 15.8 Å². The summed E-state index contributed by atoms with van der Waals surface area (Å²) in [5.74, 6) is -1.42. The molecule has 0 aliphatic rings. The molecule has 0 aliphatic carbocycles. The van der Waals surface area contributed by atoms with Crippen LogP contribution in [0, 0.1) is 0 Å². The number of nitrogens with zero attached hydrogens (tertiary/aromatic N) is 1. The number of carbonyl (C=O) groups excluding carboxylic acids is 3. The topological polar surface area (TPSA) is 106 Å². The Morgan fingerprint density at radius 3 is 2.26 bits per heavy atom. The zero-order chi connectivity index (χ0) is 24.5. The Kier molecular flexibility index (Phi) is 8.12. The lowest BCUT2D eigenvalue weighted by molar-refractivity contribution is -0.136. The fourth-order valence-electron chi connectivity index (χ4n) is 3.12. The summed E-state index contributed by atoms with van der Waals surface area (Å²) < 4.78 is 10.6. The zero-order valence-electron chi connectivity index (χ0n) is 19.1. The van der Waals surface area contributed by atoms with Gasteiger partial charge in [0.25, 0.3) is 0 Å². The second kappa shape index (κ2) is 11.4. The first-order chi connectivity index (χ1) is 16.4. The first-order valence-electron chi connectivity index (χ1n) is 10.6. The Bertz CT molecular complexity index is 1220. The van der Waals surface area contributed by atoms with Gasteiger partial charge in [-0.05, 0) is 61.4 Å². The molecule has 3 rings (SSSR count). The van der Waals surface area contributed by atoms with Crippen molar-refractivity contribution in [2.24, 2.45) is 5.10 Å². The maximum atomic E-state index is 12.5. The minimum Gasteiger partial charge on any atom is -0.497 e. The molecule has 0 radical (unpaired) electrons. The van der Waals surface area contributed by atoms with E-state index in [1.165, 1.54) is 7.11 Å². The molecule has 8 nitrogen and oxygen atoms in total. The molecule has 3 aromatic carbocycles. The molecular formula is C26H25N3O5. The van der Waals surface area contributed by atoms with E-state index in [1.54, 1.807) is 67.6 Å². The number of hydrogen-bond acceptors (Lipinski definition) is 6. The molecule has 0 heterocycles. The summed E-state index contributed by atoms with van der Waals surface area (Å²) in [6.45, 7) is 3.59. The van der Waals surface area contributed by atoms with Gasteiger partial charge >= 0.3 is 17.8 Å². The number of hydrogen-bond donors (Lipinski definition) is 2. The van der Waals surface area contributed by atoms with Crippen molar-refractivity contribution in [3.8, 4) is 11.5 Å². The van der Waals surface area contributed by atoms with Crippen LogP contribution in [0.1, 0.15) is 35.3 Å². The van der Waals surface area contributed by atoms with Crippen molar-refractivity contribution < 1.29 is 23.9 Å². The predicted octanol–water partition coefficient (Wildman–Crippen LogP) is 3.96. The van der Waals surface area contributed by atoms with Gasteiger partial charge < -0.3 is 14.8 Å². The molecule has 3 aromatic rings. The lowest BCUT2D eigenvalue weighted by Crippen LogP contribution is -2.33. The number of amides is 2. The van der Waals surface area contributed by atoms with Crippen LogP contribution in [0.15, 0.2) is 77.9 Å². The van der Waals surface area contributed by atoms with E-state index in [0.717, 1.165) is 5.56 Å². The van der Waals surface area contributed by atoms with E-state index in [1.807, 2.05) is 19.1 Å². The molecular weight excluding hydrogens is 434 g/mol. The van der Waals surface area contributed by atoms with E-state index in [0.29, 0.717) is 34.7 Å². The normalized spacial score (nSPS) is 10.9. The van der Waals surface area contributed by atoms with Crippen LogP contribution in [0.4, 0.5) is 5.69 Å². The van der Waals surface area contributed by atoms with Crippen molar-refractivity contribution in [2.75, 3.05) is 12.4 Å². The lowest BCUT2D eigenvalue weighted by atomic mass is 10.1. The Morgan fingerprint density at radius 1 is 0.882 bits per heavy atom. The Hall–Kier alpha value is -4.46. The number of aryl methyl sites for hydroxylation is 1. The Morgan fingerprint density at radius 2 is 1.56 bits per heavy atom. The van der Waals surface area contributed by atoms with Gasteiger partial charge in [-0.3, -0.25) is 9.59 Å². The fourth-order valence-corrected chi connectivity index (χ4v) is 3.12. The van der Waals surface area contributed by atoms with Crippen molar-refractivity contribution in [2.45, 2.75) is 20.3 Å². The summed E-state index contributed by atoms with van der Waals surface area (Å²) in [7, 11) is 1.54. The maximum absolute atomic E-state index is 12.5. The van der Waals surface area contributed by atoms with E-state index < -0.39 is 17.8 Å². The van der Waals surface area contributed by atoms with Gasteiger partial charge in [-0.2, -0.15) is 5.10 Å². The van der Waals surface area contributed by atoms with Gasteiger partial charge in [0.1, 0.15) is 11.5 Å². The van der Waals surface area contributed by atoms with Crippen molar-refractivity contribution in [3.63, 3.8) is 0 Å². The number of anilines is 1. The minimum atomic E-state index is -0.919. The van der Waals surface area contributed by atoms with Crippen LogP contribution in [0.3, 0.4) is 0 Å². The van der Waals surface area contributed by atoms with Gasteiger partial charge in [0.05, 0.1) is 18.4 Å². The molecule has 8 heteroatoms. The number of para-hydroxylation sites is 2. The second-order valence-electron chi connectivity index (χ2n) is 7.22. The van der Waals surface area contributed by atoms with Crippen molar-refractivity contribution in [1.29, 1.82) is 0 Å². The monoisotopic (exact) mass is 459 g/mol. The zero-order valence-corrected chi connectivity index (χ0v) is 19.1. The van der Waals surface area contributed by atoms with Crippen LogP contribution in [0.2, 0.25) is 0 Å². The number of ether oxygens (including phenoxy) is 2.